The lowest BCUT2D eigenvalue weighted by molar-refractivity contribution is -0.117. The standard InChI is InChI=1S/C15H24N2O/c1-10(2)7-11(3)8-15(18)17-14-9-13(16)6-5-12(14)4/h5-6,9-11H,7-8,16H2,1-4H3,(H,17,18). The van der Waals surface area contributed by atoms with Gasteiger partial charge in [0.05, 0.1) is 0 Å². The minimum Gasteiger partial charge on any atom is -0.399 e. The zero-order chi connectivity index (χ0) is 13.7. The average Bonchev–Trinajstić information content (AvgIpc) is 2.21. The number of carbonyl (C=O) groups is 1. The maximum absolute atomic E-state index is 11.9. The molecule has 0 heterocycles. The Morgan fingerprint density at radius 1 is 1.33 bits per heavy atom. The van der Waals surface area contributed by atoms with E-state index in [0.717, 1.165) is 17.7 Å². The van der Waals surface area contributed by atoms with E-state index in [-0.39, 0.29) is 5.91 Å². The van der Waals surface area contributed by atoms with Crippen LogP contribution in [0, 0.1) is 18.8 Å². The third-order valence-electron chi connectivity index (χ3n) is 2.94. The zero-order valence-electron chi connectivity index (χ0n) is 11.8. The molecule has 1 amide bonds. The maximum atomic E-state index is 11.9. The molecule has 1 atom stereocenters. The van der Waals surface area contributed by atoms with Gasteiger partial charge < -0.3 is 11.1 Å². The van der Waals surface area contributed by atoms with Crippen molar-refractivity contribution in [3.05, 3.63) is 23.8 Å². The van der Waals surface area contributed by atoms with Crippen LogP contribution in [0.5, 0.6) is 0 Å². The van der Waals surface area contributed by atoms with Crippen LogP contribution in [0.25, 0.3) is 0 Å². The van der Waals surface area contributed by atoms with Gasteiger partial charge in [-0.05, 0) is 42.9 Å². The van der Waals surface area contributed by atoms with Crippen LogP contribution in [0.2, 0.25) is 0 Å². The topological polar surface area (TPSA) is 55.1 Å². The normalized spacial score (nSPS) is 12.5. The van der Waals surface area contributed by atoms with Crippen LogP contribution in [0.1, 0.15) is 39.2 Å². The Morgan fingerprint density at radius 3 is 2.61 bits per heavy atom. The molecule has 3 N–H and O–H groups in total. The molecule has 0 aliphatic heterocycles. The van der Waals surface area contributed by atoms with Gasteiger partial charge in [0.15, 0.2) is 0 Å². The minimum absolute atomic E-state index is 0.0665. The lowest BCUT2D eigenvalue weighted by Crippen LogP contribution is -2.16. The van der Waals surface area contributed by atoms with Crippen LogP contribution in [0.4, 0.5) is 11.4 Å². The number of carbonyl (C=O) groups excluding carboxylic acids is 1. The fraction of sp³-hybridized carbons (Fsp3) is 0.533. The molecular formula is C15H24N2O. The molecule has 0 fully saturated rings. The second-order valence-electron chi connectivity index (χ2n) is 5.56. The second-order valence-corrected chi connectivity index (χ2v) is 5.56. The van der Waals surface area contributed by atoms with E-state index in [9.17, 15) is 4.79 Å². The third-order valence-corrected chi connectivity index (χ3v) is 2.94. The van der Waals surface area contributed by atoms with E-state index >= 15 is 0 Å². The molecule has 1 aromatic carbocycles. The smallest absolute Gasteiger partial charge is 0.224 e. The van der Waals surface area contributed by atoms with Gasteiger partial charge in [0, 0.05) is 17.8 Å². The van der Waals surface area contributed by atoms with E-state index in [2.05, 4.69) is 26.1 Å². The van der Waals surface area contributed by atoms with Crippen molar-refractivity contribution in [1.82, 2.24) is 0 Å². The van der Waals surface area contributed by atoms with Crippen molar-refractivity contribution in [2.75, 3.05) is 11.1 Å². The van der Waals surface area contributed by atoms with Crippen molar-refractivity contribution in [2.45, 2.75) is 40.5 Å². The van der Waals surface area contributed by atoms with Crippen LogP contribution in [-0.4, -0.2) is 5.91 Å². The van der Waals surface area contributed by atoms with E-state index < -0.39 is 0 Å². The predicted octanol–water partition coefficient (Wildman–Crippen LogP) is 3.59. The van der Waals surface area contributed by atoms with Crippen LogP contribution in [0.15, 0.2) is 18.2 Å². The number of rotatable bonds is 5. The molecule has 0 aliphatic carbocycles. The molecule has 3 heteroatoms. The Bertz CT molecular complexity index is 413. The summed E-state index contributed by atoms with van der Waals surface area (Å²) in [5, 5.41) is 2.94. The SMILES string of the molecule is Cc1ccc(N)cc1NC(=O)CC(C)CC(C)C. The van der Waals surface area contributed by atoms with Crippen molar-refractivity contribution in [3.8, 4) is 0 Å². The van der Waals surface area contributed by atoms with Gasteiger partial charge in [-0.3, -0.25) is 4.79 Å². The van der Waals surface area contributed by atoms with Crippen molar-refractivity contribution in [1.29, 1.82) is 0 Å². The molecule has 0 spiro atoms. The zero-order valence-corrected chi connectivity index (χ0v) is 11.8. The van der Waals surface area contributed by atoms with Crippen LogP contribution in [0.3, 0.4) is 0 Å². The van der Waals surface area contributed by atoms with E-state index in [0.29, 0.717) is 23.9 Å². The van der Waals surface area contributed by atoms with Gasteiger partial charge in [-0.2, -0.15) is 0 Å². The van der Waals surface area contributed by atoms with Gasteiger partial charge in [0.25, 0.3) is 0 Å². The quantitative estimate of drug-likeness (QED) is 0.782. The summed E-state index contributed by atoms with van der Waals surface area (Å²) < 4.78 is 0. The Kier molecular flexibility index (Phi) is 5.20. The number of aryl methyl sites for hydroxylation is 1. The second kappa shape index (κ2) is 6.43. The summed E-state index contributed by atoms with van der Waals surface area (Å²) in [6.07, 6.45) is 1.63. The highest BCUT2D eigenvalue weighted by atomic mass is 16.1. The number of anilines is 2. The highest BCUT2D eigenvalue weighted by Crippen LogP contribution is 2.20. The number of benzene rings is 1. The van der Waals surface area contributed by atoms with Crippen LogP contribution < -0.4 is 11.1 Å². The minimum atomic E-state index is 0.0665. The summed E-state index contributed by atoms with van der Waals surface area (Å²) >= 11 is 0. The first-order chi connectivity index (χ1) is 8.38. The fourth-order valence-corrected chi connectivity index (χ4v) is 2.18. The largest absolute Gasteiger partial charge is 0.399 e. The third kappa shape index (κ3) is 4.78. The van der Waals surface area contributed by atoms with Gasteiger partial charge in [-0.1, -0.05) is 26.8 Å². The maximum Gasteiger partial charge on any atom is 0.224 e. The van der Waals surface area contributed by atoms with Gasteiger partial charge in [-0.15, -0.1) is 0 Å². The number of hydrogen-bond acceptors (Lipinski definition) is 2. The lowest BCUT2D eigenvalue weighted by Gasteiger charge is -2.14. The van der Waals surface area contributed by atoms with E-state index in [1.165, 1.54) is 0 Å². The molecule has 3 nitrogen and oxygen atoms in total. The molecule has 1 aromatic rings. The molecule has 0 aromatic heterocycles. The predicted molar refractivity (Wildman–Crippen MR) is 77.5 cm³/mol. The first kappa shape index (κ1) is 14.6. The van der Waals surface area contributed by atoms with Crippen molar-refractivity contribution < 1.29 is 4.79 Å². The molecule has 0 saturated heterocycles. The Hall–Kier alpha value is -1.51. The Morgan fingerprint density at radius 2 is 2.00 bits per heavy atom. The summed E-state index contributed by atoms with van der Waals surface area (Å²) in [4.78, 5) is 11.9. The summed E-state index contributed by atoms with van der Waals surface area (Å²) in [5.41, 5.74) is 8.24. The van der Waals surface area contributed by atoms with Crippen LogP contribution >= 0.6 is 0 Å². The van der Waals surface area contributed by atoms with Gasteiger partial charge in [0.1, 0.15) is 0 Å². The Balaban J connectivity index is 2.56. The van der Waals surface area contributed by atoms with Gasteiger partial charge >= 0.3 is 0 Å². The van der Waals surface area contributed by atoms with Crippen molar-refractivity contribution in [2.24, 2.45) is 11.8 Å². The molecular weight excluding hydrogens is 224 g/mol. The molecule has 0 aliphatic rings. The number of nitrogen functional groups attached to an aromatic ring is 1. The summed E-state index contributed by atoms with van der Waals surface area (Å²) in [6, 6.07) is 5.56. The highest BCUT2D eigenvalue weighted by Gasteiger charge is 2.11. The molecule has 0 bridgehead atoms. The average molecular weight is 248 g/mol. The first-order valence-corrected chi connectivity index (χ1v) is 6.54. The van der Waals surface area contributed by atoms with Crippen molar-refractivity contribution in [3.63, 3.8) is 0 Å². The molecule has 1 rings (SSSR count). The number of nitrogens with two attached hydrogens (primary N) is 1. The van der Waals surface area contributed by atoms with E-state index in [4.69, 9.17) is 5.73 Å². The number of nitrogens with one attached hydrogen (secondary N) is 1. The van der Waals surface area contributed by atoms with Gasteiger partial charge in [-0.25, -0.2) is 0 Å². The summed E-state index contributed by atoms with van der Waals surface area (Å²) in [7, 11) is 0. The summed E-state index contributed by atoms with van der Waals surface area (Å²) in [5.74, 6) is 1.10. The highest BCUT2D eigenvalue weighted by molar-refractivity contribution is 5.92. The number of hydrogen-bond donors (Lipinski definition) is 2. The molecule has 0 saturated carbocycles. The molecule has 0 radical (unpaired) electrons. The fourth-order valence-electron chi connectivity index (χ4n) is 2.18. The van der Waals surface area contributed by atoms with E-state index in [1.54, 1.807) is 6.07 Å². The van der Waals surface area contributed by atoms with Gasteiger partial charge in [0.2, 0.25) is 5.91 Å². The summed E-state index contributed by atoms with van der Waals surface area (Å²) in [6.45, 7) is 8.44. The van der Waals surface area contributed by atoms with Crippen LogP contribution in [-0.2, 0) is 4.79 Å². The Labute approximate surface area is 110 Å². The first-order valence-electron chi connectivity index (χ1n) is 6.54. The van der Waals surface area contributed by atoms with E-state index in [1.807, 2.05) is 19.1 Å². The molecule has 1 unspecified atom stereocenters. The lowest BCUT2D eigenvalue weighted by atomic mass is 9.96. The molecule has 100 valence electrons. The monoisotopic (exact) mass is 248 g/mol. The van der Waals surface area contributed by atoms with Crippen molar-refractivity contribution >= 4 is 17.3 Å². The number of amides is 1. The molecule has 18 heavy (non-hydrogen) atoms.